The van der Waals surface area contributed by atoms with Crippen LogP contribution in [0.1, 0.15) is 16.8 Å². The van der Waals surface area contributed by atoms with Gasteiger partial charge in [0, 0.05) is 0 Å². The van der Waals surface area contributed by atoms with Crippen LogP contribution in [-0.2, 0) is 0 Å². The van der Waals surface area contributed by atoms with E-state index in [0.29, 0.717) is 17.0 Å². The highest BCUT2D eigenvalue weighted by Gasteiger charge is 2.14. The van der Waals surface area contributed by atoms with Gasteiger partial charge in [-0.15, -0.1) is 5.10 Å². The van der Waals surface area contributed by atoms with E-state index in [4.69, 9.17) is 11.0 Å². The van der Waals surface area contributed by atoms with Crippen LogP contribution in [0.15, 0.2) is 36.4 Å². The van der Waals surface area contributed by atoms with Gasteiger partial charge in [0.25, 0.3) is 0 Å². The second-order valence-electron chi connectivity index (χ2n) is 5.01. The average Bonchev–Trinajstić information content (AvgIpc) is 2.90. The summed E-state index contributed by atoms with van der Waals surface area (Å²) in [6.45, 7) is 3.96. The lowest BCUT2D eigenvalue weighted by Crippen LogP contribution is -2.00. The number of nitrogens with zero attached hydrogens (tertiary/aromatic N) is 5. The van der Waals surface area contributed by atoms with Crippen molar-refractivity contribution in [1.82, 2.24) is 20.0 Å². The number of pyridine rings is 1. The topological polar surface area (TPSA) is 93.4 Å². The van der Waals surface area contributed by atoms with Crippen LogP contribution in [0.3, 0.4) is 0 Å². The summed E-state index contributed by atoms with van der Waals surface area (Å²) in [5.41, 5.74) is 10.4. The Kier molecular flexibility index (Phi) is 3.31. The van der Waals surface area contributed by atoms with Gasteiger partial charge >= 0.3 is 0 Å². The van der Waals surface area contributed by atoms with Crippen molar-refractivity contribution in [2.75, 3.05) is 5.73 Å². The molecule has 0 amide bonds. The third-order valence-electron chi connectivity index (χ3n) is 3.46. The molecule has 0 aliphatic heterocycles. The Morgan fingerprint density at radius 2 is 1.82 bits per heavy atom. The van der Waals surface area contributed by atoms with Crippen LogP contribution in [-0.4, -0.2) is 20.0 Å². The Labute approximate surface area is 127 Å². The summed E-state index contributed by atoms with van der Waals surface area (Å²) in [6, 6.07) is 13.4. The van der Waals surface area contributed by atoms with E-state index in [-0.39, 0.29) is 5.82 Å². The highest BCUT2D eigenvalue weighted by Crippen LogP contribution is 2.23. The smallest absolute Gasteiger partial charge is 0.142 e. The van der Waals surface area contributed by atoms with Gasteiger partial charge in [0.05, 0.1) is 22.6 Å². The van der Waals surface area contributed by atoms with Gasteiger partial charge in [-0.1, -0.05) is 22.9 Å². The average molecular weight is 290 g/mol. The molecular formula is C16H14N6. The van der Waals surface area contributed by atoms with E-state index in [0.717, 1.165) is 11.4 Å². The highest BCUT2D eigenvalue weighted by molar-refractivity contribution is 5.62. The normalized spacial score (nSPS) is 10.4. The molecule has 2 N–H and O–H groups in total. The minimum Gasteiger partial charge on any atom is -0.383 e. The Balaban J connectivity index is 2.05. The molecule has 6 heteroatoms. The fourth-order valence-electron chi connectivity index (χ4n) is 2.20. The Hall–Kier alpha value is -3.20. The maximum atomic E-state index is 8.91. The second kappa shape index (κ2) is 5.30. The fraction of sp³-hybridized carbons (Fsp3) is 0.125. The molecule has 0 bridgehead atoms. The number of hydrogen-bond acceptors (Lipinski definition) is 5. The molecule has 3 aromatic rings. The van der Waals surface area contributed by atoms with Crippen molar-refractivity contribution in [1.29, 1.82) is 5.26 Å². The predicted octanol–water partition coefficient (Wildman–Crippen LogP) is 2.40. The first-order valence-electron chi connectivity index (χ1n) is 6.76. The largest absolute Gasteiger partial charge is 0.383 e. The molecule has 108 valence electrons. The zero-order valence-electron chi connectivity index (χ0n) is 12.3. The first-order chi connectivity index (χ1) is 10.6. The van der Waals surface area contributed by atoms with Crippen molar-refractivity contribution in [3.63, 3.8) is 0 Å². The van der Waals surface area contributed by atoms with Gasteiger partial charge in [0.2, 0.25) is 0 Å². The maximum Gasteiger partial charge on any atom is 0.142 e. The molecule has 2 heterocycles. The van der Waals surface area contributed by atoms with Gasteiger partial charge in [-0.3, -0.25) is 0 Å². The summed E-state index contributed by atoms with van der Waals surface area (Å²) in [6.07, 6.45) is 0. The number of aryl methyl sites for hydroxylation is 1. The van der Waals surface area contributed by atoms with Crippen LogP contribution >= 0.6 is 0 Å². The molecule has 0 aliphatic carbocycles. The number of anilines is 1. The van der Waals surface area contributed by atoms with E-state index in [1.54, 1.807) is 16.8 Å². The van der Waals surface area contributed by atoms with Crippen LogP contribution < -0.4 is 5.73 Å². The molecule has 1 aromatic carbocycles. The minimum atomic E-state index is 0.198. The van der Waals surface area contributed by atoms with E-state index in [2.05, 4.69) is 15.3 Å². The first kappa shape index (κ1) is 13.8. The quantitative estimate of drug-likeness (QED) is 0.782. The van der Waals surface area contributed by atoms with E-state index in [1.807, 2.05) is 44.2 Å². The molecule has 3 rings (SSSR count). The number of hydrogen-bond donors (Lipinski definition) is 1. The molecule has 0 spiro atoms. The highest BCUT2D eigenvalue weighted by atomic mass is 15.4. The summed E-state index contributed by atoms with van der Waals surface area (Å²) in [4.78, 5) is 4.24. The maximum absolute atomic E-state index is 8.91. The summed E-state index contributed by atoms with van der Waals surface area (Å²) in [5.74, 6) is 0.198. The van der Waals surface area contributed by atoms with Crippen molar-refractivity contribution in [2.45, 2.75) is 13.8 Å². The lowest BCUT2D eigenvalue weighted by molar-refractivity contribution is 0.785. The molecule has 0 fully saturated rings. The van der Waals surface area contributed by atoms with Crippen molar-refractivity contribution in [2.24, 2.45) is 0 Å². The van der Waals surface area contributed by atoms with Gasteiger partial charge in [0.15, 0.2) is 0 Å². The molecule has 2 aromatic heterocycles. The summed E-state index contributed by atoms with van der Waals surface area (Å²) < 4.78 is 1.75. The van der Waals surface area contributed by atoms with Crippen LogP contribution in [0.25, 0.3) is 17.1 Å². The van der Waals surface area contributed by atoms with Gasteiger partial charge in [-0.2, -0.15) is 5.26 Å². The predicted molar refractivity (Wildman–Crippen MR) is 83.2 cm³/mol. The lowest BCUT2D eigenvalue weighted by atomic mass is 10.2. The SMILES string of the molecule is Cc1ccc(-n2nnc(-c3ccc(C#N)c(N)n3)c2C)cc1. The van der Waals surface area contributed by atoms with Crippen molar-refractivity contribution in [3.8, 4) is 23.1 Å². The molecule has 0 saturated carbocycles. The van der Waals surface area contributed by atoms with E-state index in [1.165, 1.54) is 5.56 Å². The van der Waals surface area contributed by atoms with E-state index >= 15 is 0 Å². The number of aromatic nitrogens is 4. The second-order valence-corrected chi connectivity index (χ2v) is 5.01. The number of benzene rings is 1. The van der Waals surface area contributed by atoms with Crippen LogP contribution in [0, 0.1) is 25.2 Å². The Bertz CT molecular complexity index is 871. The van der Waals surface area contributed by atoms with Gasteiger partial charge in [-0.25, -0.2) is 9.67 Å². The first-order valence-corrected chi connectivity index (χ1v) is 6.76. The van der Waals surface area contributed by atoms with Crippen molar-refractivity contribution < 1.29 is 0 Å². The fourth-order valence-corrected chi connectivity index (χ4v) is 2.20. The van der Waals surface area contributed by atoms with Crippen molar-refractivity contribution >= 4 is 5.82 Å². The van der Waals surface area contributed by atoms with E-state index < -0.39 is 0 Å². The van der Waals surface area contributed by atoms with Gasteiger partial charge in [0.1, 0.15) is 17.6 Å². The van der Waals surface area contributed by atoms with Crippen LogP contribution in [0.4, 0.5) is 5.82 Å². The zero-order chi connectivity index (χ0) is 15.7. The molecule has 6 nitrogen and oxygen atoms in total. The lowest BCUT2D eigenvalue weighted by Gasteiger charge is -2.04. The Morgan fingerprint density at radius 1 is 1.09 bits per heavy atom. The third kappa shape index (κ3) is 2.29. The van der Waals surface area contributed by atoms with Gasteiger partial charge < -0.3 is 5.73 Å². The number of rotatable bonds is 2. The molecule has 0 unspecified atom stereocenters. The number of nitrogen functional groups attached to an aromatic ring is 1. The van der Waals surface area contributed by atoms with Gasteiger partial charge in [-0.05, 0) is 38.1 Å². The molecule has 0 saturated heterocycles. The standard InChI is InChI=1S/C16H14N6/c1-10-3-6-13(7-4-10)22-11(2)15(20-21-22)14-8-5-12(9-17)16(18)19-14/h3-8H,1-2H3,(H2,18,19). The van der Waals surface area contributed by atoms with Crippen LogP contribution in [0.2, 0.25) is 0 Å². The minimum absolute atomic E-state index is 0.198. The zero-order valence-corrected chi connectivity index (χ0v) is 12.3. The summed E-state index contributed by atoms with van der Waals surface area (Å²) in [5, 5.41) is 17.3. The summed E-state index contributed by atoms with van der Waals surface area (Å²) >= 11 is 0. The van der Waals surface area contributed by atoms with Crippen LogP contribution in [0.5, 0.6) is 0 Å². The molecular weight excluding hydrogens is 276 g/mol. The third-order valence-corrected chi connectivity index (χ3v) is 3.46. The molecule has 0 aliphatic rings. The molecule has 22 heavy (non-hydrogen) atoms. The molecule has 0 radical (unpaired) electrons. The van der Waals surface area contributed by atoms with E-state index in [9.17, 15) is 0 Å². The number of nitriles is 1. The van der Waals surface area contributed by atoms with Crippen molar-refractivity contribution in [3.05, 3.63) is 53.2 Å². The Morgan fingerprint density at radius 3 is 2.45 bits per heavy atom. The number of nitrogens with two attached hydrogens (primary N) is 1. The molecule has 0 atom stereocenters. The monoisotopic (exact) mass is 290 g/mol. The summed E-state index contributed by atoms with van der Waals surface area (Å²) in [7, 11) is 0.